The van der Waals surface area contributed by atoms with Crippen molar-refractivity contribution in [2.24, 2.45) is 0 Å². The van der Waals surface area contributed by atoms with Crippen molar-refractivity contribution in [3.8, 4) is 5.69 Å². The van der Waals surface area contributed by atoms with E-state index in [1.165, 1.54) is 12.8 Å². The number of benzene rings is 1. The Bertz CT molecular complexity index is 803. The Morgan fingerprint density at radius 1 is 1.14 bits per heavy atom. The van der Waals surface area contributed by atoms with Gasteiger partial charge in [-0.25, -0.2) is 4.68 Å². The Morgan fingerprint density at radius 3 is 2.57 bits per heavy atom. The van der Waals surface area contributed by atoms with Gasteiger partial charge in [-0.15, -0.1) is 0 Å². The van der Waals surface area contributed by atoms with Gasteiger partial charge in [0.2, 0.25) is 5.91 Å². The molecule has 0 spiro atoms. The SMILES string of the molecule is Cc1nn(-c2ccccc2)c(C)c1CC(=O)N1CCN(C[C@@H]2CCCO2)CC1. The topological polar surface area (TPSA) is 50.6 Å². The first-order valence-corrected chi connectivity index (χ1v) is 10.3. The summed E-state index contributed by atoms with van der Waals surface area (Å²) in [5, 5.41) is 4.67. The zero-order chi connectivity index (χ0) is 19.5. The molecular formula is C22H30N4O2. The molecule has 2 saturated heterocycles. The summed E-state index contributed by atoms with van der Waals surface area (Å²) < 4.78 is 7.68. The second kappa shape index (κ2) is 8.45. The average molecular weight is 383 g/mol. The fourth-order valence-electron chi connectivity index (χ4n) is 4.27. The molecule has 1 aromatic carbocycles. The molecule has 1 amide bonds. The van der Waals surface area contributed by atoms with Gasteiger partial charge in [0.05, 0.1) is 23.9 Å². The van der Waals surface area contributed by atoms with Crippen LogP contribution in [0.15, 0.2) is 30.3 Å². The maximum Gasteiger partial charge on any atom is 0.227 e. The van der Waals surface area contributed by atoms with Crippen LogP contribution in [0.1, 0.15) is 29.8 Å². The highest BCUT2D eigenvalue weighted by molar-refractivity contribution is 5.79. The number of aryl methyl sites for hydroxylation is 1. The molecule has 1 atom stereocenters. The van der Waals surface area contributed by atoms with Gasteiger partial charge in [0.1, 0.15) is 0 Å². The standard InChI is InChI=1S/C22H30N4O2/c1-17-21(18(2)26(23-17)19-7-4-3-5-8-19)15-22(27)25-12-10-24(11-13-25)16-20-9-6-14-28-20/h3-5,7-8,20H,6,9-16H2,1-2H3/t20-/m0/s1. The van der Waals surface area contributed by atoms with E-state index in [1.807, 2.05) is 46.8 Å². The molecule has 0 radical (unpaired) electrons. The summed E-state index contributed by atoms with van der Waals surface area (Å²) in [6, 6.07) is 10.1. The summed E-state index contributed by atoms with van der Waals surface area (Å²) in [7, 11) is 0. The summed E-state index contributed by atoms with van der Waals surface area (Å²) in [5.74, 6) is 0.204. The van der Waals surface area contributed by atoms with Crippen LogP contribution in [0.3, 0.4) is 0 Å². The van der Waals surface area contributed by atoms with Crippen molar-refractivity contribution in [3.05, 3.63) is 47.3 Å². The van der Waals surface area contributed by atoms with E-state index in [0.29, 0.717) is 12.5 Å². The van der Waals surface area contributed by atoms with E-state index in [9.17, 15) is 4.79 Å². The first-order valence-electron chi connectivity index (χ1n) is 10.3. The van der Waals surface area contributed by atoms with E-state index >= 15 is 0 Å². The number of amides is 1. The highest BCUT2D eigenvalue weighted by atomic mass is 16.5. The van der Waals surface area contributed by atoms with Gasteiger partial charge in [-0.2, -0.15) is 5.10 Å². The van der Waals surface area contributed by atoms with Crippen LogP contribution in [-0.2, 0) is 16.0 Å². The molecule has 0 aliphatic carbocycles. The Balaban J connectivity index is 1.36. The Morgan fingerprint density at radius 2 is 1.89 bits per heavy atom. The lowest BCUT2D eigenvalue weighted by atomic mass is 10.1. The van der Waals surface area contributed by atoms with Gasteiger partial charge >= 0.3 is 0 Å². The molecule has 6 heteroatoms. The molecule has 28 heavy (non-hydrogen) atoms. The molecule has 0 unspecified atom stereocenters. The molecule has 2 aromatic rings. The van der Waals surface area contributed by atoms with Crippen LogP contribution in [0.4, 0.5) is 0 Å². The summed E-state index contributed by atoms with van der Waals surface area (Å²) >= 11 is 0. The van der Waals surface area contributed by atoms with Crippen LogP contribution in [0.25, 0.3) is 5.69 Å². The van der Waals surface area contributed by atoms with Gasteiger partial charge in [0.15, 0.2) is 0 Å². The van der Waals surface area contributed by atoms with Crippen molar-refractivity contribution in [1.29, 1.82) is 0 Å². The predicted octanol–water partition coefficient (Wildman–Crippen LogP) is 2.35. The highest BCUT2D eigenvalue weighted by Gasteiger charge is 2.26. The van der Waals surface area contributed by atoms with Crippen molar-refractivity contribution < 1.29 is 9.53 Å². The van der Waals surface area contributed by atoms with E-state index in [1.54, 1.807) is 0 Å². The van der Waals surface area contributed by atoms with E-state index in [2.05, 4.69) is 16.9 Å². The number of nitrogens with zero attached hydrogens (tertiary/aromatic N) is 4. The lowest BCUT2D eigenvalue weighted by molar-refractivity contribution is -0.132. The summed E-state index contributed by atoms with van der Waals surface area (Å²) in [6.07, 6.45) is 3.16. The first-order chi connectivity index (χ1) is 13.6. The van der Waals surface area contributed by atoms with Gasteiger partial charge in [-0.05, 0) is 38.8 Å². The molecule has 0 bridgehead atoms. The summed E-state index contributed by atoms with van der Waals surface area (Å²) in [5.41, 5.74) is 4.07. The predicted molar refractivity (Wildman–Crippen MR) is 109 cm³/mol. The lowest BCUT2D eigenvalue weighted by Crippen LogP contribution is -2.50. The third-order valence-electron chi connectivity index (χ3n) is 5.98. The average Bonchev–Trinajstić information content (AvgIpc) is 3.32. The molecule has 2 fully saturated rings. The van der Waals surface area contributed by atoms with E-state index in [-0.39, 0.29) is 5.91 Å². The zero-order valence-corrected chi connectivity index (χ0v) is 16.9. The van der Waals surface area contributed by atoms with Crippen molar-refractivity contribution in [2.75, 3.05) is 39.3 Å². The number of rotatable bonds is 5. The molecule has 150 valence electrons. The molecule has 3 heterocycles. The number of hydrogen-bond donors (Lipinski definition) is 0. The minimum absolute atomic E-state index is 0.204. The smallest absolute Gasteiger partial charge is 0.227 e. The molecule has 2 aliphatic heterocycles. The first kappa shape index (κ1) is 19.2. The normalized spacial score (nSPS) is 20.6. The van der Waals surface area contributed by atoms with Gasteiger partial charge in [-0.1, -0.05) is 18.2 Å². The molecule has 0 N–H and O–H groups in total. The molecule has 4 rings (SSSR count). The minimum Gasteiger partial charge on any atom is -0.377 e. The van der Waals surface area contributed by atoms with Crippen LogP contribution in [0.2, 0.25) is 0 Å². The number of carbonyl (C=O) groups excluding carboxylic acids is 1. The van der Waals surface area contributed by atoms with E-state index < -0.39 is 0 Å². The molecule has 1 aromatic heterocycles. The second-order valence-corrected chi connectivity index (χ2v) is 7.89. The largest absolute Gasteiger partial charge is 0.377 e. The monoisotopic (exact) mass is 382 g/mol. The summed E-state index contributed by atoms with van der Waals surface area (Å²) in [6.45, 7) is 9.43. The number of ether oxygens (including phenoxy) is 1. The minimum atomic E-state index is 0.204. The maximum absolute atomic E-state index is 12.9. The number of carbonyl (C=O) groups is 1. The molecule has 6 nitrogen and oxygen atoms in total. The summed E-state index contributed by atoms with van der Waals surface area (Å²) in [4.78, 5) is 17.4. The van der Waals surface area contributed by atoms with Crippen molar-refractivity contribution in [2.45, 2.75) is 39.2 Å². The number of aromatic nitrogens is 2. The van der Waals surface area contributed by atoms with Crippen LogP contribution < -0.4 is 0 Å². The second-order valence-electron chi connectivity index (χ2n) is 7.89. The Kier molecular flexibility index (Phi) is 5.78. The van der Waals surface area contributed by atoms with E-state index in [4.69, 9.17) is 4.74 Å². The molecule has 0 saturated carbocycles. The van der Waals surface area contributed by atoms with Gasteiger partial charge in [-0.3, -0.25) is 9.69 Å². The number of hydrogen-bond acceptors (Lipinski definition) is 4. The molecular weight excluding hydrogens is 352 g/mol. The molecule has 2 aliphatic rings. The Labute approximate surface area is 167 Å². The third kappa shape index (κ3) is 4.13. The number of piperazine rings is 1. The van der Waals surface area contributed by atoms with Crippen molar-refractivity contribution in [3.63, 3.8) is 0 Å². The lowest BCUT2D eigenvalue weighted by Gasteiger charge is -2.35. The van der Waals surface area contributed by atoms with Crippen molar-refractivity contribution in [1.82, 2.24) is 19.6 Å². The third-order valence-corrected chi connectivity index (χ3v) is 5.98. The van der Waals surface area contributed by atoms with Crippen LogP contribution >= 0.6 is 0 Å². The highest BCUT2D eigenvalue weighted by Crippen LogP contribution is 2.20. The van der Waals surface area contributed by atoms with Crippen LogP contribution in [0.5, 0.6) is 0 Å². The van der Waals surface area contributed by atoms with Crippen LogP contribution in [0, 0.1) is 13.8 Å². The van der Waals surface area contributed by atoms with Gasteiger partial charge in [0.25, 0.3) is 0 Å². The quantitative estimate of drug-likeness (QED) is 0.797. The zero-order valence-electron chi connectivity index (χ0n) is 16.9. The van der Waals surface area contributed by atoms with E-state index in [0.717, 1.165) is 62.0 Å². The van der Waals surface area contributed by atoms with Crippen molar-refractivity contribution >= 4 is 5.91 Å². The maximum atomic E-state index is 12.9. The fourth-order valence-corrected chi connectivity index (χ4v) is 4.27. The van der Waals surface area contributed by atoms with Crippen LogP contribution in [-0.4, -0.2) is 70.9 Å². The van der Waals surface area contributed by atoms with Gasteiger partial charge < -0.3 is 9.64 Å². The van der Waals surface area contributed by atoms with Gasteiger partial charge in [0, 0.05) is 50.6 Å². The number of para-hydroxylation sites is 1. The Hall–Kier alpha value is -2.18. The fraction of sp³-hybridized carbons (Fsp3) is 0.545.